The van der Waals surface area contributed by atoms with E-state index < -0.39 is 0 Å². The Hall–Kier alpha value is -5.65. The molecule has 0 unspecified atom stereocenters. The zero-order valence-electron chi connectivity index (χ0n) is 23.3. The van der Waals surface area contributed by atoms with Crippen LogP contribution in [0.1, 0.15) is 0 Å². The standard InChI is InChI=1S/C39H22N2O2S/c1-4-12-33-25(8-1)29-20-23(15-17-35(29)42-33)41(24-16-18-37-30(21-24)26-9-3-6-14-36(26)44-37)32-22-31-27(11-7-19-40-31)38-28-10-2-5-13-34(28)43-39(32)38/h1-22H. The highest BCUT2D eigenvalue weighted by molar-refractivity contribution is 7.25. The van der Waals surface area contributed by atoms with Crippen LogP contribution in [0, 0.1) is 0 Å². The summed E-state index contributed by atoms with van der Waals surface area (Å²) in [6, 6.07) is 44.6. The number of aromatic nitrogens is 1. The summed E-state index contributed by atoms with van der Waals surface area (Å²) in [6.45, 7) is 0. The van der Waals surface area contributed by atoms with Gasteiger partial charge in [0.2, 0.25) is 0 Å². The molecule has 44 heavy (non-hydrogen) atoms. The van der Waals surface area contributed by atoms with Crippen molar-refractivity contribution in [3.63, 3.8) is 0 Å². The van der Waals surface area contributed by atoms with Crippen LogP contribution >= 0.6 is 11.3 Å². The molecule has 0 N–H and O–H groups in total. The Morgan fingerprint density at radius 3 is 2.05 bits per heavy atom. The van der Waals surface area contributed by atoms with Gasteiger partial charge in [-0.3, -0.25) is 4.98 Å². The van der Waals surface area contributed by atoms with Gasteiger partial charge in [-0.1, -0.05) is 60.7 Å². The van der Waals surface area contributed by atoms with E-state index in [2.05, 4.69) is 102 Å². The van der Waals surface area contributed by atoms with Crippen LogP contribution in [0.15, 0.2) is 142 Å². The zero-order valence-corrected chi connectivity index (χ0v) is 24.1. The van der Waals surface area contributed by atoms with Crippen molar-refractivity contribution < 1.29 is 8.83 Å². The maximum Gasteiger partial charge on any atom is 0.160 e. The van der Waals surface area contributed by atoms with Crippen molar-refractivity contribution in [2.45, 2.75) is 0 Å². The van der Waals surface area contributed by atoms with Gasteiger partial charge in [0.15, 0.2) is 5.58 Å². The fourth-order valence-electron chi connectivity index (χ4n) is 6.73. The fourth-order valence-corrected chi connectivity index (χ4v) is 7.82. The molecule has 0 atom stereocenters. The van der Waals surface area contributed by atoms with E-state index in [1.807, 2.05) is 47.9 Å². The molecule has 0 saturated heterocycles. The smallest absolute Gasteiger partial charge is 0.160 e. The number of hydrogen-bond donors (Lipinski definition) is 0. The maximum atomic E-state index is 6.72. The highest BCUT2D eigenvalue weighted by Crippen LogP contribution is 2.47. The molecule has 206 valence electrons. The first-order valence-corrected chi connectivity index (χ1v) is 15.4. The van der Waals surface area contributed by atoms with Crippen molar-refractivity contribution in [2.75, 3.05) is 4.90 Å². The Labute approximate surface area is 255 Å². The average Bonchev–Trinajstić information content (AvgIpc) is 3.76. The second-order valence-electron chi connectivity index (χ2n) is 11.2. The number of thiophene rings is 1. The Balaban J connectivity index is 1.33. The molecular weight excluding hydrogens is 561 g/mol. The van der Waals surface area contributed by atoms with Gasteiger partial charge in [0.1, 0.15) is 16.7 Å². The Morgan fingerprint density at radius 2 is 1.16 bits per heavy atom. The lowest BCUT2D eigenvalue weighted by Gasteiger charge is -2.26. The lowest BCUT2D eigenvalue weighted by Crippen LogP contribution is -2.10. The molecule has 5 heteroatoms. The lowest BCUT2D eigenvalue weighted by molar-refractivity contribution is 0.669. The summed E-state index contributed by atoms with van der Waals surface area (Å²) in [4.78, 5) is 7.14. The molecule has 6 aromatic carbocycles. The monoisotopic (exact) mass is 582 g/mol. The topological polar surface area (TPSA) is 42.4 Å². The van der Waals surface area contributed by atoms with E-state index in [1.54, 1.807) is 0 Å². The molecule has 0 spiro atoms. The molecule has 4 aromatic heterocycles. The average molecular weight is 583 g/mol. The molecular formula is C39H22N2O2S. The number of benzene rings is 6. The second-order valence-corrected chi connectivity index (χ2v) is 12.2. The van der Waals surface area contributed by atoms with E-state index in [-0.39, 0.29) is 0 Å². The van der Waals surface area contributed by atoms with E-state index in [0.29, 0.717) is 0 Å². The van der Waals surface area contributed by atoms with Gasteiger partial charge in [-0.2, -0.15) is 0 Å². The van der Waals surface area contributed by atoms with Crippen molar-refractivity contribution in [1.29, 1.82) is 0 Å². The molecule has 4 nitrogen and oxygen atoms in total. The molecule has 0 fully saturated rings. The maximum absolute atomic E-state index is 6.72. The lowest BCUT2D eigenvalue weighted by atomic mass is 10.0. The molecule has 0 aliphatic carbocycles. The van der Waals surface area contributed by atoms with Gasteiger partial charge >= 0.3 is 0 Å². The van der Waals surface area contributed by atoms with E-state index in [1.165, 1.54) is 20.2 Å². The minimum absolute atomic E-state index is 0.833. The summed E-state index contributed by atoms with van der Waals surface area (Å²) in [7, 11) is 0. The first-order chi connectivity index (χ1) is 21.8. The third kappa shape index (κ3) is 3.36. The fraction of sp³-hybridized carbons (Fsp3) is 0. The van der Waals surface area contributed by atoms with Gasteiger partial charge in [0.05, 0.1) is 11.2 Å². The summed E-state index contributed by atoms with van der Waals surface area (Å²) in [6.07, 6.45) is 1.86. The van der Waals surface area contributed by atoms with Crippen LogP contribution in [-0.4, -0.2) is 4.98 Å². The number of para-hydroxylation sites is 2. The first kappa shape index (κ1) is 23.9. The normalized spacial score (nSPS) is 12.1. The summed E-state index contributed by atoms with van der Waals surface area (Å²) < 4.78 is 15.5. The van der Waals surface area contributed by atoms with Crippen molar-refractivity contribution in [2.24, 2.45) is 0 Å². The summed E-state index contributed by atoms with van der Waals surface area (Å²) in [5.74, 6) is 0. The number of nitrogens with zero attached hydrogens (tertiary/aromatic N) is 2. The predicted octanol–water partition coefficient (Wildman–Crippen LogP) is 11.9. The molecule has 0 radical (unpaired) electrons. The van der Waals surface area contributed by atoms with Crippen molar-refractivity contribution in [3.05, 3.63) is 134 Å². The van der Waals surface area contributed by atoms with Crippen LogP contribution < -0.4 is 4.90 Å². The van der Waals surface area contributed by atoms with Crippen molar-refractivity contribution in [1.82, 2.24) is 4.98 Å². The third-order valence-electron chi connectivity index (χ3n) is 8.69. The Kier molecular flexibility index (Phi) is 4.84. The molecule has 0 aliphatic rings. The van der Waals surface area contributed by atoms with Gasteiger partial charge < -0.3 is 13.7 Å². The van der Waals surface area contributed by atoms with Crippen LogP contribution in [0.5, 0.6) is 0 Å². The molecule has 0 bridgehead atoms. The van der Waals surface area contributed by atoms with Crippen molar-refractivity contribution in [3.8, 4) is 0 Å². The molecule has 0 saturated carbocycles. The summed E-state index contributed by atoms with van der Waals surface area (Å²) >= 11 is 1.83. The van der Waals surface area contributed by atoms with E-state index >= 15 is 0 Å². The largest absolute Gasteiger partial charge is 0.456 e. The van der Waals surface area contributed by atoms with E-state index in [0.717, 1.165) is 71.8 Å². The minimum atomic E-state index is 0.833. The van der Waals surface area contributed by atoms with Crippen LogP contribution in [0.3, 0.4) is 0 Å². The SMILES string of the molecule is c1ccc2c(c1)oc1ccc(N(c3ccc4sc5ccccc5c4c3)c3cc4ncccc4c4c3oc3ccccc34)cc12. The van der Waals surface area contributed by atoms with Gasteiger partial charge in [-0.15, -0.1) is 11.3 Å². The second kappa shape index (κ2) is 8.93. The number of anilines is 3. The highest BCUT2D eigenvalue weighted by Gasteiger charge is 2.23. The number of pyridine rings is 1. The number of furan rings is 2. The zero-order chi connectivity index (χ0) is 28.8. The predicted molar refractivity (Wildman–Crippen MR) is 184 cm³/mol. The Morgan fingerprint density at radius 1 is 0.500 bits per heavy atom. The molecule has 10 rings (SSSR count). The number of fused-ring (bicyclic) bond motifs is 11. The number of hydrogen-bond acceptors (Lipinski definition) is 5. The highest BCUT2D eigenvalue weighted by atomic mass is 32.1. The van der Waals surface area contributed by atoms with E-state index in [4.69, 9.17) is 13.8 Å². The summed E-state index contributed by atoms with van der Waals surface area (Å²) in [5.41, 5.74) is 7.35. The van der Waals surface area contributed by atoms with Crippen LogP contribution in [-0.2, 0) is 0 Å². The number of rotatable bonds is 3. The quantitative estimate of drug-likeness (QED) is 0.208. The molecule has 10 aromatic rings. The van der Waals surface area contributed by atoms with Crippen molar-refractivity contribution >= 4 is 103 Å². The molecule has 4 heterocycles. The molecule has 0 amide bonds. The van der Waals surface area contributed by atoms with Crippen LogP contribution in [0.4, 0.5) is 17.1 Å². The minimum Gasteiger partial charge on any atom is -0.456 e. The van der Waals surface area contributed by atoms with Gasteiger partial charge in [-0.05, 0) is 66.7 Å². The van der Waals surface area contributed by atoms with Crippen LogP contribution in [0.25, 0.3) is 75.0 Å². The van der Waals surface area contributed by atoms with E-state index in [9.17, 15) is 0 Å². The summed E-state index contributed by atoms with van der Waals surface area (Å²) in [5, 5.41) is 7.90. The first-order valence-electron chi connectivity index (χ1n) is 14.6. The van der Waals surface area contributed by atoms with Crippen LogP contribution in [0.2, 0.25) is 0 Å². The van der Waals surface area contributed by atoms with Gasteiger partial charge in [0, 0.05) is 64.7 Å². The van der Waals surface area contributed by atoms with Gasteiger partial charge in [-0.25, -0.2) is 0 Å². The van der Waals surface area contributed by atoms with Gasteiger partial charge in [0.25, 0.3) is 0 Å². The Bertz CT molecular complexity index is 2640. The molecule has 0 aliphatic heterocycles. The third-order valence-corrected chi connectivity index (χ3v) is 9.84.